The zero-order valence-electron chi connectivity index (χ0n) is 15.9. The first kappa shape index (κ1) is 18.9. The quantitative estimate of drug-likeness (QED) is 0.498. The van der Waals surface area contributed by atoms with Crippen molar-refractivity contribution < 1.29 is 9.53 Å². The molecule has 146 valence electrons. The van der Waals surface area contributed by atoms with E-state index in [4.69, 9.17) is 4.74 Å². The normalized spacial score (nSPS) is 10.7. The molecule has 0 saturated carbocycles. The number of hydrogen-bond acceptors (Lipinski definition) is 5. The molecule has 0 atom stereocenters. The van der Waals surface area contributed by atoms with Crippen LogP contribution in [-0.2, 0) is 6.54 Å². The van der Waals surface area contributed by atoms with Gasteiger partial charge in [0.15, 0.2) is 0 Å². The highest BCUT2D eigenvalue weighted by Gasteiger charge is 2.14. The van der Waals surface area contributed by atoms with Crippen LogP contribution in [0.3, 0.4) is 0 Å². The van der Waals surface area contributed by atoms with Crippen molar-refractivity contribution in [3.63, 3.8) is 0 Å². The molecule has 1 N–H and O–H groups in total. The molecule has 4 rings (SSSR count). The number of thiazole rings is 1. The molecule has 1 amide bonds. The Labute approximate surface area is 172 Å². The molecule has 0 radical (unpaired) electrons. The van der Waals surface area contributed by atoms with Crippen molar-refractivity contribution in [3.8, 4) is 22.0 Å². The molecule has 29 heavy (non-hydrogen) atoms. The summed E-state index contributed by atoms with van der Waals surface area (Å²) in [6.45, 7) is 2.79. The van der Waals surface area contributed by atoms with Crippen molar-refractivity contribution in [2.45, 2.75) is 13.5 Å². The van der Waals surface area contributed by atoms with Crippen molar-refractivity contribution in [2.75, 3.05) is 6.61 Å². The zero-order chi connectivity index (χ0) is 20.1. The summed E-state index contributed by atoms with van der Waals surface area (Å²) in [5.74, 6) is 0.361. The van der Waals surface area contributed by atoms with Crippen LogP contribution >= 0.6 is 11.3 Å². The number of amides is 1. The minimum atomic E-state index is -0.192. The van der Waals surface area contributed by atoms with Gasteiger partial charge in [-0.05, 0) is 42.8 Å². The van der Waals surface area contributed by atoms with Crippen LogP contribution in [0.1, 0.15) is 22.8 Å². The lowest BCUT2D eigenvalue weighted by Gasteiger charge is -2.13. The summed E-state index contributed by atoms with van der Waals surface area (Å²) in [6, 6.07) is 15.3. The highest BCUT2D eigenvalue weighted by atomic mass is 32.1. The highest BCUT2D eigenvalue weighted by molar-refractivity contribution is 7.13. The van der Waals surface area contributed by atoms with E-state index in [1.54, 1.807) is 40.5 Å². The molecule has 0 bridgehead atoms. The Morgan fingerprint density at radius 3 is 2.86 bits per heavy atom. The third kappa shape index (κ3) is 4.35. The summed E-state index contributed by atoms with van der Waals surface area (Å²) in [4.78, 5) is 17.3. The van der Waals surface area contributed by atoms with Crippen LogP contribution < -0.4 is 10.1 Å². The summed E-state index contributed by atoms with van der Waals surface area (Å²) in [5.41, 5.74) is 3.33. The Balaban J connectivity index is 1.53. The second-order valence-electron chi connectivity index (χ2n) is 6.28. The molecule has 0 saturated heterocycles. The van der Waals surface area contributed by atoms with Crippen LogP contribution in [0.2, 0.25) is 0 Å². The zero-order valence-corrected chi connectivity index (χ0v) is 16.7. The van der Waals surface area contributed by atoms with Gasteiger partial charge in [-0.25, -0.2) is 9.67 Å². The maximum absolute atomic E-state index is 12.9. The molecule has 2 heterocycles. The van der Waals surface area contributed by atoms with Gasteiger partial charge in [-0.3, -0.25) is 4.79 Å². The van der Waals surface area contributed by atoms with Crippen molar-refractivity contribution in [1.82, 2.24) is 20.1 Å². The van der Waals surface area contributed by atoms with Gasteiger partial charge >= 0.3 is 0 Å². The Morgan fingerprint density at radius 1 is 1.17 bits per heavy atom. The van der Waals surface area contributed by atoms with E-state index in [2.05, 4.69) is 15.4 Å². The Bertz CT molecular complexity index is 1090. The van der Waals surface area contributed by atoms with Gasteiger partial charge in [-0.1, -0.05) is 18.2 Å². The molecule has 2 aromatic heterocycles. The highest BCUT2D eigenvalue weighted by Crippen LogP contribution is 2.24. The number of carbonyl (C=O) groups is 1. The van der Waals surface area contributed by atoms with E-state index in [1.165, 1.54) is 0 Å². The summed E-state index contributed by atoms with van der Waals surface area (Å²) >= 11 is 1.59. The lowest BCUT2D eigenvalue weighted by Crippen LogP contribution is -2.23. The summed E-state index contributed by atoms with van der Waals surface area (Å²) in [7, 11) is 0. The van der Waals surface area contributed by atoms with Crippen molar-refractivity contribution >= 4 is 17.2 Å². The van der Waals surface area contributed by atoms with E-state index < -0.39 is 0 Å². The maximum atomic E-state index is 12.9. The average molecular weight is 404 g/mol. The molecule has 2 aromatic carbocycles. The Kier molecular flexibility index (Phi) is 5.67. The SMILES string of the molecule is CCOc1ccc(-n2cccn2)cc1C(=O)NCc1cccc(-c2nccs2)c1. The molecule has 0 unspecified atom stereocenters. The molecule has 0 aliphatic carbocycles. The molecule has 0 aliphatic heterocycles. The van der Waals surface area contributed by atoms with Gasteiger partial charge in [-0.2, -0.15) is 5.10 Å². The van der Waals surface area contributed by atoms with E-state index in [1.807, 2.05) is 54.9 Å². The molecule has 0 spiro atoms. The summed E-state index contributed by atoms with van der Waals surface area (Å²) in [6.07, 6.45) is 5.32. The molecule has 4 aromatic rings. The van der Waals surface area contributed by atoms with E-state index >= 15 is 0 Å². The number of benzene rings is 2. The van der Waals surface area contributed by atoms with Gasteiger partial charge in [0, 0.05) is 36.1 Å². The fourth-order valence-electron chi connectivity index (χ4n) is 3.00. The summed E-state index contributed by atoms with van der Waals surface area (Å²) < 4.78 is 7.37. The molecular formula is C22H20N4O2S. The fraction of sp³-hybridized carbons (Fsp3) is 0.136. The second-order valence-corrected chi connectivity index (χ2v) is 7.18. The first-order chi connectivity index (χ1) is 14.2. The maximum Gasteiger partial charge on any atom is 0.255 e. The second kappa shape index (κ2) is 8.70. The molecule has 6 nitrogen and oxygen atoms in total. The van der Waals surface area contributed by atoms with Crippen molar-refractivity contribution in [3.05, 3.63) is 83.6 Å². The molecule has 0 fully saturated rings. The Morgan fingerprint density at radius 2 is 2.10 bits per heavy atom. The number of carbonyl (C=O) groups excluding carboxylic acids is 1. The largest absolute Gasteiger partial charge is 0.493 e. The van der Waals surface area contributed by atoms with Crippen molar-refractivity contribution in [1.29, 1.82) is 0 Å². The van der Waals surface area contributed by atoms with Crippen LogP contribution in [0.4, 0.5) is 0 Å². The lowest BCUT2D eigenvalue weighted by molar-refractivity contribution is 0.0947. The van der Waals surface area contributed by atoms with Crippen molar-refractivity contribution in [2.24, 2.45) is 0 Å². The van der Waals surface area contributed by atoms with Gasteiger partial charge in [0.25, 0.3) is 5.91 Å². The van der Waals surface area contributed by atoms with Gasteiger partial charge in [0.1, 0.15) is 10.8 Å². The van der Waals surface area contributed by atoms with Crippen LogP contribution in [0.5, 0.6) is 5.75 Å². The predicted octanol–water partition coefficient (Wildman–Crippen LogP) is 4.32. The number of rotatable bonds is 7. The van der Waals surface area contributed by atoms with Crippen LogP contribution in [-0.4, -0.2) is 27.3 Å². The number of aromatic nitrogens is 3. The first-order valence-corrected chi connectivity index (χ1v) is 10.2. The van der Waals surface area contributed by atoms with Crippen LogP contribution in [0.25, 0.3) is 16.3 Å². The number of nitrogens with zero attached hydrogens (tertiary/aromatic N) is 3. The predicted molar refractivity (Wildman–Crippen MR) is 113 cm³/mol. The van der Waals surface area contributed by atoms with E-state index in [0.29, 0.717) is 24.5 Å². The lowest BCUT2D eigenvalue weighted by atomic mass is 10.1. The van der Waals surface area contributed by atoms with Crippen LogP contribution in [0, 0.1) is 0 Å². The van der Waals surface area contributed by atoms with Gasteiger partial charge < -0.3 is 10.1 Å². The minimum absolute atomic E-state index is 0.192. The molecular weight excluding hydrogens is 384 g/mol. The van der Waals surface area contributed by atoms with E-state index in [9.17, 15) is 4.79 Å². The third-order valence-electron chi connectivity index (χ3n) is 4.34. The molecule has 0 aliphatic rings. The van der Waals surface area contributed by atoms with Gasteiger partial charge in [0.2, 0.25) is 0 Å². The van der Waals surface area contributed by atoms with Gasteiger partial charge in [-0.15, -0.1) is 11.3 Å². The number of nitrogens with one attached hydrogen (secondary N) is 1. The van der Waals surface area contributed by atoms with Gasteiger partial charge in [0.05, 0.1) is 17.9 Å². The monoisotopic (exact) mass is 404 g/mol. The smallest absolute Gasteiger partial charge is 0.255 e. The number of hydrogen-bond donors (Lipinski definition) is 1. The molecule has 7 heteroatoms. The average Bonchev–Trinajstić information content (AvgIpc) is 3.47. The van der Waals surface area contributed by atoms with E-state index in [-0.39, 0.29) is 5.91 Å². The number of ether oxygens (including phenoxy) is 1. The van der Waals surface area contributed by atoms with Crippen LogP contribution in [0.15, 0.2) is 72.5 Å². The topological polar surface area (TPSA) is 69.0 Å². The Hall–Kier alpha value is -3.45. The fourth-order valence-corrected chi connectivity index (χ4v) is 3.63. The third-order valence-corrected chi connectivity index (χ3v) is 5.16. The summed E-state index contributed by atoms with van der Waals surface area (Å²) in [5, 5.41) is 10.1. The standard InChI is InChI=1S/C22H20N4O2S/c1-2-28-20-8-7-18(26-11-4-9-25-26)14-19(20)21(27)24-15-16-5-3-6-17(13-16)22-23-10-12-29-22/h3-14H,2,15H2,1H3,(H,24,27). The minimum Gasteiger partial charge on any atom is -0.493 e. The van der Waals surface area contributed by atoms with E-state index in [0.717, 1.165) is 21.8 Å². The first-order valence-electron chi connectivity index (χ1n) is 9.28.